The maximum absolute atomic E-state index is 12.1. The topological polar surface area (TPSA) is 107 Å². The Labute approximate surface area is 117 Å². The lowest BCUT2D eigenvalue weighted by atomic mass is 10.3. The van der Waals surface area contributed by atoms with Crippen LogP contribution in [0.3, 0.4) is 0 Å². The molecule has 3 rings (SSSR count). The number of rotatable bonds is 3. The zero-order valence-electron chi connectivity index (χ0n) is 10.3. The molecule has 0 atom stereocenters. The molecule has 0 fully saturated rings. The number of hydrogen-bond acceptors (Lipinski definition) is 7. The molecule has 0 bridgehead atoms. The molecule has 0 radical (unpaired) electrons. The van der Waals surface area contributed by atoms with Gasteiger partial charge >= 0.3 is 0 Å². The van der Waals surface area contributed by atoms with E-state index in [1.807, 2.05) is 0 Å². The quantitative estimate of drug-likeness (QED) is 0.743. The molecule has 0 spiro atoms. The summed E-state index contributed by atoms with van der Waals surface area (Å²) in [6.45, 7) is 0.315. The van der Waals surface area contributed by atoms with Crippen molar-refractivity contribution in [1.82, 2.24) is 25.3 Å². The summed E-state index contributed by atoms with van der Waals surface area (Å²) in [5.74, 6) is -0.258. The number of nitrogens with one attached hydrogen (secondary N) is 1. The SMILES string of the molecule is Nc1c(C(=O)NCc2ccncn2)sc2nccnc12. The highest BCUT2D eigenvalue weighted by atomic mass is 32.1. The molecule has 3 aromatic rings. The van der Waals surface area contributed by atoms with E-state index in [0.29, 0.717) is 27.5 Å². The van der Waals surface area contributed by atoms with Crippen molar-refractivity contribution in [2.45, 2.75) is 6.54 Å². The van der Waals surface area contributed by atoms with Crippen LogP contribution in [-0.4, -0.2) is 25.8 Å². The van der Waals surface area contributed by atoms with Crippen LogP contribution in [-0.2, 0) is 6.54 Å². The molecule has 20 heavy (non-hydrogen) atoms. The van der Waals surface area contributed by atoms with Gasteiger partial charge in [0.25, 0.3) is 5.91 Å². The van der Waals surface area contributed by atoms with Crippen LogP contribution in [0.2, 0.25) is 0 Å². The van der Waals surface area contributed by atoms with Crippen molar-refractivity contribution in [2.24, 2.45) is 0 Å². The molecule has 0 saturated carbocycles. The second-order valence-electron chi connectivity index (χ2n) is 3.94. The highest BCUT2D eigenvalue weighted by Crippen LogP contribution is 2.30. The lowest BCUT2D eigenvalue weighted by Crippen LogP contribution is -2.23. The van der Waals surface area contributed by atoms with Gasteiger partial charge in [-0.25, -0.2) is 19.9 Å². The van der Waals surface area contributed by atoms with E-state index < -0.39 is 0 Å². The predicted molar refractivity (Wildman–Crippen MR) is 75.0 cm³/mol. The third-order valence-corrected chi connectivity index (χ3v) is 3.74. The lowest BCUT2D eigenvalue weighted by molar-refractivity contribution is 0.0955. The smallest absolute Gasteiger partial charge is 0.263 e. The minimum atomic E-state index is -0.258. The summed E-state index contributed by atoms with van der Waals surface area (Å²) in [6, 6.07) is 1.73. The third-order valence-electron chi connectivity index (χ3n) is 2.64. The van der Waals surface area contributed by atoms with E-state index in [9.17, 15) is 4.79 Å². The first kappa shape index (κ1) is 12.4. The zero-order valence-corrected chi connectivity index (χ0v) is 11.1. The van der Waals surface area contributed by atoms with Crippen molar-refractivity contribution >= 4 is 33.3 Å². The third kappa shape index (κ3) is 2.28. The molecule has 0 aromatic carbocycles. The van der Waals surface area contributed by atoms with E-state index in [4.69, 9.17) is 5.73 Å². The predicted octanol–water partition coefficient (Wildman–Crippen LogP) is 0.993. The number of carbonyl (C=O) groups is 1. The number of amides is 1. The molecule has 3 N–H and O–H groups in total. The van der Waals surface area contributed by atoms with Crippen LogP contribution < -0.4 is 11.1 Å². The summed E-state index contributed by atoms with van der Waals surface area (Å²) in [4.78, 5) is 29.3. The maximum atomic E-state index is 12.1. The number of thiophene rings is 1. The van der Waals surface area contributed by atoms with E-state index in [0.717, 1.165) is 5.69 Å². The van der Waals surface area contributed by atoms with Gasteiger partial charge in [0, 0.05) is 18.6 Å². The molecular weight excluding hydrogens is 276 g/mol. The monoisotopic (exact) mass is 286 g/mol. The minimum absolute atomic E-state index is 0.258. The standard InChI is InChI=1S/C12H10N6OS/c13-8-9-12(16-4-3-15-9)20-10(8)11(19)17-5-7-1-2-14-6-18-7/h1-4,6H,5,13H2,(H,17,19). The van der Waals surface area contributed by atoms with Crippen molar-refractivity contribution < 1.29 is 4.79 Å². The molecule has 0 aliphatic heterocycles. The minimum Gasteiger partial charge on any atom is -0.396 e. The first-order valence-electron chi connectivity index (χ1n) is 5.78. The number of fused-ring (bicyclic) bond motifs is 1. The molecule has 1 amide bonds. The Bertz CT molecular complexity index is 757. The Kier molecular flexibility index (Phi) is 3.21. The number of aromatic nitrogens is 4. The zero-order chi connectivity index (χ0) is 13.9. The Morgan fingerprint density at radius 2 is 2.10 bits per heavy atom. The van der Waals surface area contributed by atoms with Gasteiger partial charge in [-0.05, 0) is 6.07 Å². The summed E-state index contributed by atoms with van der Waals surface area (Å²) < 4.78 is 0. The average Bonchev–Trinajstić information content (AvgIpc) is 2.84. The van der Waals surface area contributed by atoms with Gasteiger partial charge in [-0.3, -0.25) is 4.79 Å². The highest BCUT2D eigenvalue weighted by Gasteiger charge is 2.17. The molecule has 8 heteroatoms. The maximum Gasteiger partial charge on any atom is 0.263 e. The van der Waals surface area contributed by atoms with Gasteiger partial charge in [0.05, 0.1) is 17.9 Å². The van der Waals surface area contributed by atoms with E-state index in [2.05, 4.69) is 25.3 Å². The molecule has 0 saturated heterocycles. The van der Waals surface area contributed by atoms with Gasteiger partial charge in [-0.15, -0.1) is 11.3 Å². The fourth-order valence-electron chi connectivity index (χ4n) is 1.69. The Morgan fingerprint density at radius 1 is 1.25 bits per heavy atom. The summed E-state index contributed by atoms with van der Waals surface area (Å²) in [5, 5.41) is 2.76. The number of nitrogens with two attached hydrogens (primary N) is 1. The molecule has 0 aliphatic carbocycles. The van der Waals surface area contributed by atoms with Crippen LogP contribution in [0.4, 0.5) is 5.69 Å². The van der Waals surface area contributed by atoms with Gasteiger partial charge in [-0.2, -0.15) is 0 Å². The van der Waals surface area contributed by atoms with Gasteiger partial charge in [0.15, 0.2) is 0 Å². The van der Waals surface area contributed by atoms with Crippen molar-refractivity contribution in [1.29, 1.82) is 0 Å². The van der Waals surface area contributed by atoms with E-state index >= 15 is 0 Å². The highest BCUT2D eigenvalue weighted by molar-refractivity contribution is 7.21. The first-order valence-corrected chi connectivity index (χ1v) is 6.59. The average molecular weight is 286 g/mol. The summed E-state index contributed by atoms with van der Waals surface area (Å²) >= 11 is 1.22. The Balaban J connectivity index is 1.81. The number of hydrogen-bond donors (Lipinski definition) is 2. The summed E-state index contributed by atoms with van der Waals surface area (Å²) in [6.07, 6.45) is 6.17. The Hall–Kier alpha value is -2.61. The van der Waals surface area contributed by atoms with Gasteiger partial charge in [-0.1, -0.05) is 0 Å². The van der Waals surface area contributed by atoms with Crippen molar-refractivity contribution in [3.8, 4) is 0 Å². The van der Waals surface area contributed by atoms with Gasteiger partial charge in [0.2, 0.25) is 0 Å². The normalized spacial score (nSPS) is 10.6. The van der Waals surface area contributed by atoms with Gasteiger partial charge < -0.3 is 11.1 Å². The number of anilines is 1. The van der Waals surface area contributed by atoms with Crippen molar-refractivity contribution in [2.75, 3.05) is 5.73 Å². The van der Waals surface area contributed by atoms with Gasteiger partial charge in [0.1, 0.15) is 21.6 Å². The second-order valence-corrected chi connectivity index (χ2v) is 4.94. The molecule has 3 heterocycles. The van der Waals surface area contributed by atoms with E-state index in [1.165, 1.54) is 17.7 Å². The number of nitrogens with zero attached hydrogens (tertiary/aromatic N) is 4. The number of nitrogen functional groups attached to an aromatic ring is 1. The van der Waals surface area contributed by atoms with Crippen LogP contribution >= 0.6 is 11.3 Å². The van der Waals surface area contributed by atoms with Crippen molar-refractivity contribution in [3.05, 3.63) is 41.6 Å². The second kappa shape index (κ2) is 5.17. The van der Waals surface area contributed by atoms with E-state index in [-0.39, 0.29) is 5.91 Å². The Morgan fingerprint density at radius 3 is 2.85 bits per heavy atom. The van der Waals surface area contributed by atoms with Crippen LogP contribution in [0.1, 0.15) is 15.4 Å². The van der Waals surface area contributed by atoms with Crippen LogP contribution in [0.15, 0.2) is 31.0 Å². The van der Waals surface area contributed by atoms with Crippen LogP contribution in [0.5, 0.6) is 0 Å². The molecule has 0 unspecified atom stereocenters. The molecule has 100 valence electrons. The largest absolute Gasteiger partial charge is 0.396 e. The van der Waals surface area contributed by atoms with Crippen LogP contribution in [0, 0.1) is 0 Å². The van der Waals surface area contributed by atoms with E-state index in [1.54, 1.807) is 24.7 Å². The number of carbonyl (C=O) groups excluding carboxylic acids is 1. The molecule has 0 aliphatic rings. The first-order chi connectivity index (χ1) is 9.75. The summed E-state index contributed by atoms with van der Waals surface area (Å²) in [7, 11) is 0. The van der Waals surface area contributed by atoms with Crippen LogP contribution in [0.25, 0.3) is 10.3 Å². The van der Waals surface area contributed by atoms with Crippen molar-refractivity contribution in [3.63, 3.8) is 0 Å². The fourth-order valence-corrected chi connectivity index (χ4v) is 2.62. The fraction of sp³-hybridized carbons (Fsp3) is 0.0833. The molecular formula is C12H10N6OS. The lowest BCUT2D eigenvalue weighted by Gasteiger charge is -2.03. The molecule has 3 aromatic heterocycles. The molecule has 7 nitrogen and oxygen atoms in total. The summed E-state index contributed by atoms with van der Waals surface area (Å²) in [5.41, 5.74) is 7.58.